The average Bonchev–Trinajstić information content (AvgIpc) is 2.53. The van der Waals surface area contributed by atoms with Crippen LogP contribution in [0.15, 0.2) is 54.6 Å². The smallest absolute Gasteiger partial charge is 0.269 e. The number of hydrogen-bond donors (Lipinski definition) is 2. The maximum absolute atomic E-state index is 11.7. The summed E-state index contributed by atoms with van der Waals surface area (Å²) in [6.07, 6.45) is 0. The zero-order valence-corrected chi connectivity index (χ0v) is 11.5. The van der Waals surface area contributed by atoms with Crippen LogP contribution in [0.5, 0.6) is 0 Å². The summed E-state index contributed by atoms with van der Waals surface area (Å²) in [5.41, 5.74) is 0.925. The van der Waals surface area contributed by atoms with E-state index in [0.717, 1.165) is 0 Å². The molecule has 0 aliphatic rings. The molecule has 2 rings (SSSR count). The molecule has 0 aliphatic carbocycles. The molecule has 0 fully saturated rings. The van der Waals surface area contributed by atoms with E-state index in [1.807, 2.05) is 6.07 Å². The molecule has 0 unspecified atom stereocenters. The van der Waals surface area contributed by atoms with E-state index in [2.05, 4.69) is 5.32 Å². The van der Waals surface area contributed by atoms with E-state index in [9.17, 15) is 14.9 Å². The van der Waals surface area contributed by atoms with Gasteiger partial charge in [0.05, 0.1) is 4.92 Å². The first-order chi connectivity index (χ1) is 10.6. The number of para-hydroxylation sites is 1. The van der Waals surface area contributed by atoms with Crippen molar-refractivity contribution in [2.45, 2.75) is 0 Å². The molecule has 0 spiro atoms. The molecule has 0 radical (unpaired) electrons. The fraction of sp³-hybridized carbons (Fsp3) is 0.0667. The van der Waals surface area contributed by atoms with E-state index in [0.29, 0.717) is 11.3 Å². The SMILES string of the molecule is N=C(OCC(=O)Nc1ccccc1)c1ccc([N+](=O)[O-])cc1. The van der Waals surface area contributed by atoms with Crippen molar-refractivity contribution in [1.29, 1.82) is 5.41 Å². The Morgan fingerprint density at radius 2 is 1.77 bits per heavy atom. The monoisotopic (exact) mass is 299 g/mol. The maximum Gasteiger partial charge on any atom is 0.269 e. The third-order valence-electron chi connectivity index (χ3n) is 2.75. The van der Waals surface area contributed by atoms with Gasteiger partial charge in [-0.15, -0.1) is 0 Å². The highest BCUT2D eigenvalue weighted by Crippen LogP contribution is 2.12. The molecule has 1 amide bonds. The van der Waals surface area contributed by atoms with Gasteiger partial charge in [-0.2, -0.15) is 0 Å². The lowest BCUT2D eigenvalue weighted by Crippen LogP contribution is -2.20. The number of hydrogen-bond acceptors (Lipinski definition) is 5. The van der Waals surface area contributed by atoms with Crippen molar-refractivity contribution < 1.29 is 14.5 Å². The maximum atomic E-state index is 11.7. The Hall–Kier alpha value is -3.22. The van der Waals surface area contributed by atoms with Crippen LogP contribution in [0.2, 0.25) is 0 Å². The Labute approximate surface area is 126 Å². The summed E-state index contributed by atoms with van der Waals surface area (Å²) in [6, 6.07) is 14.2. The summed E-state index contributed by atoms with van der Waals surface area (Å²) in [5.74, 6) is -0.615. The van der Waals surface area contributed by atoms with Gasteiger partial charge in [-0.25, -0.2) is 0 Å². The van der Waals surface area contributed by atoms with Crippen LogP contribution in [0.25, 0.3) is 0 Å². The number of benzene rings is 2. The Balaban J connectivity index is 1.87. The zero-order chi connectivity index (χ0) is 15.9. The van der Waals surface area contributed by atoms with Crippen LogP contribution in [-0.2, 0) is 9.53 Å². The number of carbonyl (C=O) groups excluding carboxylic acids is 1. The highest BCUT2D eigenvalue weighted by atomic mass is 16.6. The number of nitrogens with zero attached hydrogens (tertiary/aromatic N) is 1. The van der Waals surface area contributed by atoms with Crippen molar-refractivity contribution in [1.82, 2.24) is 0 Å². The van der Waals surface area contributed by atoms with Gasteiger partial charge < -0.3 is 10.1 Å². The summed E-state index contributed by atoms with van der Waals surface area (Å²) in [5, 5.41) is 20.9. The van der Waals surface area contributed by atoms with Crippen molar-refractivity contribution in [2.75, 3.05) is 11.9 Å². The van der Waals surface area contributed by atoms with E-state index in [1.165, 1.54) is 24.3 Å². The van der Waals surface area contributed by atoms with Crippen LogP contribution in [0.1, 0.15) is 5.56 Å². The largest absolute Gasteiger partial charge is 0.468 e. The van der Waals surface area contributed by atoms with Crippen LogP contribution in [0.4, 0.5) is 11.4 Å². The summed E-state index contributed by atoms with van der Waals surface area (Å²) >= 11 is 0. The normalized spacial score (nSPS) is 9.82. The first-order valence-electron chi connectivity index (χ1n) is 6.37. The van der Waals surface area contributed by atoms with Gasteiger partial charge in [0.1, 0.15) is 0 Å². The van der Waals surface area contributed by atoms with Crippen LogP contribution >= 0.6 is 0 Å². The topological polar surface area (TPSA) is 105 Å². The molecule has 0 aromatic heterocycles. The molecule has 112 valence electrons. The van der Waals surface area contributed by atoms with Crippen LogP contribution < -0.4 is 5.32 Å². The quantitative estimate of drug-likeness (QED) is 0.383. The molecular formula is C15H13N3O4. The van der Waals surface area contributed by atoms with Crippen molar-refractivity contribution in [3.63, 3.8) is 0 Å². The molecule has 0 atom stereocenters. The number of nitro groups is 1. The number of nitro benzene ring substituents is 1. The lowest BCUT2D eigenvalue weighted by molar-refractivity contribution is -0.384. The molecule has 7 heteroatoms. The number of rotatable bonds is 5. The van der Waals surface area contributed by atoms with Gasteiger partial charge >= 0.3 is 0 Å². The summed E-state index contributed by atoms with van der Waals surface area (Å²) in [6.45, 7) is -0.315. The van der Waals surface area contributed by atoms with Crippen molar-refractivity contribution in [3.05, 3.63) is 70.3 Å². The van der Waals surface area contributed by atoms with E-state index >= 15 is 0 Å². The molecule has 0 saturated carbocycles. The van der Waals surface area contributed by atoms with E-state index in [1.54, 1.807) is 24.3 Å². The van der Waals surface area contributed by atoms with Crippen LogP contribution in [0.3, 0.4) is 0 Å². The highest BCUT2D eigenvalue weighted by molar-refractivity contribution is 5.96. The number of nitrogens with one attached hydrogen (secondary N) is 2. The number of carbonyl (C=O) groups is 1. The van der Waals surface area contributed by atoms with E-state index in [4.69, 9.17) is 10.1 Å². The first kappa shape index (κ1) is 15.2. The highest BCUT2D eigenvalue weighted by Gasteiger charge is 2.10. The van der Waals surface area contributed by atoms with Gasteiger partial charge in [0, 0.05) is 23.4 Å². The van der Waals surface area contributed by atoms with Gasteiger partial charge in [-0.3, -0.25) is 20.3 Å². The second kappa shape index (κ2) is 6.98. The van der Waals surface area contributed by atoms with Crippen molar-refractivity contribution >= 4 is 23.2 Å². The van der Waals surface area contributed by atoms with E-state index in [-0.39, 0.29) is 18.2 Å². The molecular weight excluding hydrogens is 286 g/mol. The second-order valence-electron chi connectivity index (χ2n) is 4.34. The summed E-state index contributed by atoms with van der Waals surface area (Å²) in [7, 11) is 0. The number of ether oxygens (including phenoxy) is 1. The number of anilines is 1. The molecule has 22 heavy (non-hydrogen) atoms. The predicted molar refractivity (Wildman–Crippen MR) is 80.9 cm³/mol. The average molecular weight is 299 g/mol. The minimum absolute atomic E-state index is 0.0710. The second-order valence-corrected chi connectivity index (χ2v) is 4.34. The van der Waals surface area contributed by atoms with Crippen LogP contribution in [0, 0.1) is 15.5 Å². The van der Waals surface area contributed by atoms with Crippen molar-refractivity contribution in [2.24, 2.45) is 0 Å². The molecule has 2 N–H and O–H groups in total. The number of amides is 1. The summed E-state index contributed by atoms with van der Waals surface area (Å²) < 4.78 is 5.06. The third kappa shape index (κ3) is 4.14. The lowest BCUT2D eigenvalue weighted by Gasteiger charge is -2.08. The zero-order valence-electron chi connectivity index (χ0n) is 11.5. The van der Waals surface area contributed by atoms with Gasteiger partial charge in [0.2, 0.25) is 5.90 Å². The van der Waals surface area contributed by atoms with Crippen molar-refractivity contribution in [3.8, 4) is 0 Å². The lowest BCUT2D eigenvalue weighted by atomic mass is 10.2. The molecule has 2 aromatic carbocycles. The third-order valence-corrected chi connectivity index (χ3v) is 2.75. The van der Waals surface area contributed by atoms with Gasteiger partial charge in [0.15, 0.2) is 6.61 Å². The first-order valence-corrected chi connectivity index (χ1v) is 6.37. The predicted octanol–water partition coefficient (Wildman–Crippen LogP) is 2.58. The summed E-state index contributed by atoms with van der Waals surface area (Å²) in [4.78, 5) is 21.7. The molecule has 0 heterocycles. The Morgan fingerprint density at radius 3 is 2.36 bits per heavy atom. The van der Waals surface area contributed by atoms with Gasteiger partial charge in [-0.1, -0.05) is 18.2 Å². The molecule has 0 bridgehead atoms. The van der Waals surface area contributed by atoms with Gasteiger partial charge in [0.25, 0.3) is 11.6 Å². The minimum Gasteiger partial charge on any atom is -0.468 e. The molecule has 7 nitrogen and oxygen atoms in total. The minimum atomic E-state index is -0.526. The van der Waals surface area contributed by atoms with E-state index < -0.39 is 10.8 Å². The molecule has 0 saturated heterocycles. The standard InChI is InChI=1S/C15H13N3O4/c16-15(11-6-8-13(9-7-11)18(20)21)22-10-14(19)17-12-4-2-1-3-5-12/h1-9,16H,10H2,(H,17,19). The van der Waals surface area contributed by atoms with Crippen LogP contribution in [-0.4, -0.2) is 23.3 Å². The van der Waals surface area contributed by atoms with Gasteiger partial charge in [-0.05, 0) is 24.3 Å². The Kier molecular flexibility index (Phi) is 4.81. The fourth-order valence-corrected chi connectivity index (χ4v) is 1.67. The Bertz CT molecular complexity index is 684. The molecule has 2 aromatic rings. The molecule has 0 aliphatic heterocycles. The fourth-order valence-electron chi connectivity index (χ4n) is 1.67. The number of non-ortho nitro benzene ring substituents is 1. The Morgan fingerprint density at radius 1 is 1.14 bits per heavy atom.